The van der Waals surface area contributed by atoms with Crippen LogP contribution in [0.1, 0.15) is 10.6 Å². The highest BCUT2D eigenvalue weighted by Crippen LogP contribution is 2.34. The SMILES string of the molecule is Cc1cccc(-c2c(Cl)nc(-c3csc(C)n3)nc2Cl)c1. The zero-order chi connectivity index (χ0) is 15.0. The number of rotatable bonds is 2. The Hall–Kier alpha value is -1.49. The molecule has 0 saturated carbocycles. The molecule has 0 spiro atoms. The minimum atomic E-state index is 0.334. The summed E-state index contributed by atoms with van der Waals surface area (Å²) in [5.74, 6) is 0.450. The molecule has 2 heterocycles. The van der Waals surface area contributed by atoms with Crippen molar-refractivity contribution in [2.75, 3.05) is 0 Å². The van der Waals surface area contributed by atoms with Crippen molar-refractivity contribution in [1.29, 1.82) is 0 Å². The molecular formula is C15H11Cl2N3S. The molecule has 0 amide bonds. The van der Waals surface area contributed by atoms with Gasteiger partial charge in [-0.1, -0.05) is 53.0 Å². The lowest BCUT2D eigenvalue weighted by Crippen LogP contribution is -1.95. The Morgan fingerprint density at radius 1 is 1.00 bits per heavy atom. The van der Waals surface area contributed by atoms with Crippen molar-refractivity contribution >= 4 is 34.5 Å². The largest absolute Gasteiger partial charge is 0.238 e. The molecule has 0 aliphatic heterocycles. The van der Waals surface area contributed by atoms with Crippen LogP contribution in [-0.2, 0) is 0 Å². The van der Waals surface area contributed by atoms with Crippen LogP contribution in [-0.4, -0.2) is 15.0 Å². The average molecular weight is 336 g/mol. The highest BCUT2D eigenvalue weighted by molar-refractivity contribution is 7.09. The van der Waals surface area contributed by atoms with Crippen molar-refractivity contribution in [1.82, 2.24) is 15.0 Å². The van der Waals surface area contributed by atoms with Crippen LogP contribution >= 0.6 is 34.5 Å². The van der Waals surface area contributed by atoms with E-state index in [9.17, 15) is 0 Å². The number of aromatic nitrogens is 3. The second-order valence-electron chi connectivity index (χ2n) is 4.63. The van der Waals surface area contributed by atoms with Crippen molar-refractivity contribution in [3.63, 3.8) is 0 Å². The Morgan fingerprint density at radius 3 is 2.29 bits per heavy atom. The fourth-order valence-electron chi connectivity index (χ4n) is 2.03. The molecule has 0 fully saturated rings. The Bertz CT molecular complexity index is 791. The van der Waals surface area contributed by atoms with Crippen molar-refractivity contribution in [2.45, 2.75) is 13.8 Å². The van der Waals surface area contributed by atoms with Gasteiger partial charge >= 0.3 is 0 Å². The fourth-order valence-corrected chi connectivity index (χ4v) is 3.22. The van der Waals surface area contributed by atoms with Crippen LogP contribution in [0.3, 0.4) is 0 Å². The molecule has 0 unspecified atom stereocenters. The second-order valence-corrected chi connectivity index (χ2v) is 6.40. The monoisotopic (exact) mass is 335 g/mol. The normalized spacial score (nSPS) is 10.9. The summed E-state index contributed by atoms with van der Waals surface area (Å²) in [7, 11) is 0. The van der Waals surface area contributed by atoms with E-state index < -0.39 is 0 Å². The van der Waals surface area contributed by atoms with E-state index in [0.29, 0.717) is 27.4 Å². The fraction of sp³-hybridized carbons (Fsp3) is 0.133. The van der Waals surface area contributed by atoms with Crippen LogP contribution < -0.4 is 0 Å². The second kappa shape index (κ2) is 5.72. The molecule has 0 saturated heterocycles. The Labute approximate surface area is 136 Å². The number of hydrogen-bond donors (Lipinski definition) is 0. The van der Waals surface area contributed by atoms with Gasteiger partial charge in [-0.25, -0.2) is 15.0 Å². The highest BCUT2D eigenvalue weighted by atomic mass is 35.5. The third kappa shape index (κ3) is 2.93. The molecule has 0 atom stereocenters. The number of halogens is 2. The lowest BCUT2D eigenvalue weighted by molar-refractivity contribution is 1.14. The van der Waals surface area contributed by atoms with E-state index >= 15 is 0 Å². The van der Waals surface area contributed by atoms with Gasteiger partial charge in [0.1, 0.15) is 16.0 Å². The number of nitrogens with zero attached hydrogens (tertiary/aromatic N) is 3. The molecule has 2 aromatic heterocycles. The number of thiazole rings is 1. The number of benzene rings is 1. The zero-order valence-electron chi connectivity index (χ0n) is 11.4. The molecule has 0 aliphatic carbocycles. The first kappa shape index (κ1) is 14.4. The van der Waals surface area contributed by atoms with Gasteiger partial charge in [0.15, 0.2) is 5.82 Å². The number of hydrogen-bond acceptors (Lipinski definition) is 4. The Kier molecular flexibility index (Phi) is 3.93. The van der Waals surface area contributed by atoms with E-state index in [-0.39, 0.29) is 0 Å². The maximum absolute atomic E-state index is 6.32. The summed E-state index contributed by atoms with van der Waals surface area (Å²) in [4.78, 5) is 13.0. The standard InChI is InChI=1S/C15H11Cl2N3S/c1-8-4-3-5-10(6-8)12-13(16)19-15(20-14(12)17)11-7-21-9(2)18-11/h3-7H,1-2H3. The third-order valence-electron chi connectivity index (χ3n) is 2.98. The molecule has 3 nitrogen and oxygen atoms in total. The van der Waals surface area contributed by atoms with Gasteiger partial charge in [0.25, 0.3) is 0 Å². The van der Waals surface area contributed by atoms with Crippen LogP contribution in [0.4, 0.5) is 0 Å². The van der Waals surface area contributed by atoms with Crippen LogP contribution in [0.2, 0.25) is 10.3 Å². The zero-order valence-corrected chi connectivity index (χ0v) is 13.7. The van der Waals surface area contributed by atoms with E-state index in [1.54, 1.807) is 0 Å². The summed E-state index contributed by atoms with van der Waals surface area (Å²) in [5.41, 5.74) is 3.37. The van der Waals surface area contributed by atoms with Gasteiger partial charge < -0.3 is 0 Å². The third-order valence-corrected chi connectivity index (χ3v) is 4.30. The maximum Gasteiger partial charge on any atom is 0.181 e. The topological polar surface area (TPSA) is 38.7 Å². The van der Waals surface area contributed by atoms with Gasteiger partial charge in [-0.2, -0.15) is 0 Å². The van der Waals surface area contributed by atoms with E-state index in [0.717, 1.165) is 16.1 Å². The van der Waals surface area contributed by atoms with Crippen LogP contribution in [0, 0.1) is 13.8 Å². The van der Waals surface area contributed by atoms with Crippen molar-refractivity contribution in [3.05, 3.63) is 50.5 Å². The van der Waals surface area contributed by atoms with Crippen LogP contribution in [0.15, 0.2) is 29.6 Å². The molecule has 0 bridgehead atoms. The van der Waals surface area contributed by atoms with E-state index in [1.807, 2.05) is 43.5 Å². The molecule has 0 aliphatic rings. The van der Waals surface area contributed by atoms with Gasteiger partial charge in [-0.3, -0.25) is 0 Å². The first-order chi connectivity index (χ1) is 10.0. The molecule has 0 N–H and O–H groups in total. The van der Waals surface area contributed by atoms with Gasteiger partial charge in [-0.15, -0.1) is 11.3 Å². The lowest BCUT2D eigenvalue weighted by atomic mass is 10.1. The van der Waals surface area contributed by atoms with Gasteiger partial charge in [-0.05, 0) is 19.4 Å². The van der Waals surface area contributed by atoms with E-state index in [1.165, 1.54) is 11.3 Å². The van der Waals surface area contributed by atoms with Gasteiger partial charge in [0.05, 0.1) is 10.6 Å². The minimum Gasteiger partial charge on any atom is -0.238 e. The first-order valence-corrected chi connectivity index (χ1v) is 7.91. The summed E-state index contributed by atoms with van der Waals surface area (Å²) in [5, 5.41) is 3.51. The summed E-state index contributed by atoms with van der Waals surface area (Å²) in [6.07, 6.45) is 0. The maximum atomic E-state index is 6.32. The summed E-state index contributed by atoms with van der Waals surface area (Å²) in [6, 6.07) is 7.91. The van der Waals surface area contributed by atoms with E-state index in [4.69, 9.17) is 23.2 Å². The van der Waals surface area contributed by atoms with Crippen molar-refractivity contribution in [2.24, 2.45) is 0 Å². The summed E-state index contributed by atoms with van der Waals surface area (Å²) >= 11 is 14.2. The molecule has 1 aromatic carbocycles. The predicted octanol–water partition coefficient (Wildman–Crippen LogP) is 5.19. The molecule has 106 valence electrons. The van der Waals surface area contributed by atoms with Crippen LogP contribution in [0.25, 0.3) is 22.6 Å². The predicted molar refractivity (Wildman–Crippen MR) is 88.1 cm³/mol. The van der Waals surface area contributed by atoms with Crippen LogP contribution in [0.5, 0.6) is 0 Å². The van der Waals surface area contributed by atoms with Crippen molar-refractivity contribution in [3.8, 4) is 22.6 Å². The summed E-state index contributed by atoms with van der Waals surface area (Å²) < 4.78 is 0. The smallest absolute Gasteiger partial charge is 0.181 e. The summed E-state index contributed by atoms with van der Waals surface area (Å²) in [6.45, 7) is 3.94. The first-order valence-electron chi connectivity index (χ1n) is 6.27. The van der Waals surface area contributed by atoms with Crippen molar-refractivity contribution < 1.29 is 0 Å². The lowest BCUT2D eigenvalue weighted by Gasteiger charge is -2.08. The molecule has 3 aromatic rings. The number of aryl methyl sites for hydroxylation is 2. The Morgan fingerprint density at radius 2 is 1.71 bits per heavy atom. The molecule has 0 radical (unpaired) electrons. The quantitative estimate of drug-likeness (QED) is 0.605. The highest BCUT2D eigenvalue weighted by Gasteiger charge is 2.16. The Balaban J connectivity index is 2.12. The van der Waals surface area contributed by atoms with E-state index in [2.05, 4.69) is 15.0 Å². The minimum absolute atomic E-state index is 0.334. The average Bonchev–Trinajstić information content (AvgIpc) is 2.85. The molecule has 3 rings (SSSR count). The molecule has 6 heteroatoms. The van der Waals surface area contributed by atoms with Gasteiger partial charge in [0, 0.05) is 5.38 Å². The van der Waals surface area contributed by atoms with Gasteiger partial charge in [0.2, 0.25) is 0 Å². The molecule has 21 heavy (non-hydrogen) atoms. The molecular weight excluding hydrogens is 325 g/mol.